The molecular formula is C14H17NO2. The smallest absolute Gasteiger partial charge is 0.153 e. The molecule has 0 spiro atoms. The predicted octanol–water partition coefficient (Wildman–Crippen LogP) is 2.84. The fourth-order valence-corrected chi connectivity index (χ4v) is 2.30. The summed E-state index contributed by atoms with van der Waals surface area (Å²) in [5.74, 6) is 0.0381. The topological polar surface area (TPSA) is 40.5 Å². The predicted molar refractivity (Wildman–Crippen MR) is 69.6 cm³/mol. The molecule has 3 heteroatoms. The quantitative estimate of drug-likeness (QED) is 0.755. The molecular weight excluding hydrogens is 214 g/mol. The van der Waals surface area contributed by atoms with Gasteiger partial charge in [-0.15, -0.1) is 0 Å². The number of rotatable bonds is 1. The molecule has 0 aliphatic carbocycles. The van der Waals surface area contributed by atoms with E-state index in [0.29, 0.717) is 11.8 Å². The van der Waals surface area contributed by atoms with Crippen molar-refractivity contribution in [3.05, 3.63) is 29.3 Å². The fourth-order valence-electron chi connectivity index (χ4n) is 2.30. The molecule has 1 N–H and O–H groups in total. The van der Waals surface area contributed by atoms with Crippen LogP contribution in [0.3, 0.4) is 0 Å². The van der Waals surface area contributed by atoms with Crippen molar-refractivity contribution in [1.82, 2.24) is 0 Å². The number of allylic oxidation sites excluding steroid dienone is 1. The van der Waals surface area contributed by atoms with Crippen LogP contribution in [0.5, 0.6) is 5.75 Å². The lowest BCUT2D eigenvalue weighted by Crippen LogP contribution is -2.42. The number of phenols is 1. The Morgan fingerprint density at radius 2 is 2.00 bits per heavy atom. The van der Waals surface area contributed by atoms with Crippen molar-refractivity contribution in [2.24, 2.45) is 0 Å². The van der Waals surface area contributed by atoms with Crippen LogP contribution in [0, 0.1) is 0 Å². The Kier molecular flexibility index (Phi) is 2.49. The average molecular weight is 231 g/mol. The first-order valence-electron chi connectivity index (χ1n) is 5.62. The van der Waals surface area contributed by atoms with Gasteiger partial charge in [0.1, 0.15) is 5.75 Å². The van der Waals surface area contributed by atoms with Crippen molar-refractivity contribution < 1.29 is 9.90 Å². The van der Waals surface area contributed by atoms with Crippen LogP contribution in [0.4, 0.5) is 5.69 Å². The minimum Gasteiger partial charge on any atom is -0.507 e. The van der Waals surface area contributed by atoms with Crippen LogP contribution in [0.15, 0.2) is 18.2 Å². The number of aldehydes is 1. The number of benzene rings is 1. The Morgan fingerprint density at radius 3 is 2.59 bits per heavy atom. The van der Waals surface area contributed by atoms with E-state index < -0.39 is 0 Å². The zero-order valence-electron chi connectivity index (χ0n) is 10.6. The molecule has 1 aromatic rings. The van der Waals surface area contributed by atoms with E-state index in [4.69, 9.17) is 0 Å². The summed E-state index contributed by atoms with van der Waals surface area (Å²) in [5, 5.41) is 9.76. The lowest BCUT2D eigenvalue weighted by atomic mass is 9.88. The zero-order valence-corrected chi connectivity index (χ0v) is 10.6. The molecule has 0 unspecified atom stereocenters. The molecule has 0 saturated heterocycles. The van der Waals surface area contributed by atoms with Crippen molar-refractivity contribution in [2.45, 2.75) is 26.3 Å². The summed E-state index contributed by atoms with van der Waals surface area (Å²) in [4.78, 5) is 12.9. The number of carbonyl (C=O) groups excluding carboxylic acids is 1. The molecule has 0 aromatic heterocycles. The summed E-state index contributed by atoms with van der Waals surface area (Å²) >= 11 is 0. The molecule has 0 saturated carbocycles. The monoisotopic (exact) mass is 231 g/mol. The van der Waals surface area contributed by atoms with Gasteiger partial charge in [0.2, 0.25) is 0 Å². The van der Waals surface area contributed by atoms with Gasteiger partial charge in [-0.3, -0.25) is 4.79 Å². The normalized spacial score (nSPS) is 17.4. The van der Waals surface area contributed by atoms with E-state index in [9.17, 15) is 9.90 Å². The van der Waals surface area contributed by atoms with E-state index in [1.807, 2.05) is 14.0 Å². The van der Waals surface area contributed by atoms with E-state index in [0.717, 1.165) is 16.8 Å². The number of carbonyl (C=O) groups is 1. The number of fused-ring (bicyclic) bond motifs is 1. The maximum Gasteiger partial charge on any atom is 0.153 e. The largest absolute Gasteiger partial charge is 0.507 e. The van der Waals surface area contributed by atoms with Gasteiger partial charge in [0.15, 0.2) is 6.29 Å². The highest BCUT2D eigenvalue weighted by atomic mass is 16.3. The molecule has 0 atom stereocenters. The molecule has 1 aliphatic heterocycles. The summed E-state index contributed by atoms with van der Waals surface area (Å²) in [6.07, 6.45) is 2.85. The van der Waals surface area contributed by atoms with Gasteiger partial charge in [0, 0.05) is 24.4 Å². The van der Waals surface area contributed by atoms with E-state index in [1.165, 1.54) is 0 Å². The second-order valence-electron chi connectivity index (χ2n) is 5.09. The molecule has 90 valence electrons. The lowest BCUT2D eigenvalue weighted by molar-refractivity contribution is 0.112. The van der Waals surface area contributed by atoms with Crippen molar-refractivity contribution in [3.8, 4) is 5.75 Å². The van der Waals surface area contributed by atoms with Crippen molar-refractivity contribution >= 4 is 17.5 Å². The van der Waals surface area contributed by atoms with Crippen molar-refractivity contribution in [1.29, 1.82) is 0 Å². The number of aromatic hydroxyl groups is 1. The molecule has 1 heterocycles. The van der Waals surface area contributed by atoms with Gasteiger partial charge < -0.3 is 10.0 Å². The van der Waals surface area contributed by atoms with Crippen LogP contribution >= 0.6 is 0 Å². The first kappa shape index (κ1) is 11.7. The Bertz CT molecular complexity index is 515. The SMILES string of the molecule is CC1=CC(C)(C)N(C)c2cc(O)c(C=O)cc21. The maximum atomic E-state index is 10.8. The summed E-state index contributed by atoms with van der Waals surface area (Å²) in [6.45, 7) is 6.26. The highest BCUT2D eigenvalue weighted by Crippen LogP contribution is 2.40. The summed E-state index contributed by atoms with van der Waals surface area (Å²) in [7, 11) is 1.99. The zero-order chi connectivity index (χ0) is 12.8. The van der Waals surface area contributed by atoms with E-state index >= 15 is 0 Å². The minimum absolute atomic E-state index is 0.0381. The molecule has 1 aromatic carbocycles. The third-order valence-corrected chi connectivity index (χ3v) is 3.49. The van der Waals surface area contributed by atoms with E-state index in [1.54, 1.807) is 12.1 Å². The van der Waals surface area contributed by atoms with Gasteiger partial charge in [0.25, 0.3) is 0 Å². The van der Waals surface area contributed by atoms with Crippen molar-refractivity contribution in [2.75, 3.05) is 11.9 Å². The number of hydrogen-bond donors (Lipinski definition) is 1. The average Bonchev–Trinajstić information content (AvgIpc) is 2.25. The van der Waals surface area contributed by atoms with Crippen LogP contribution in [0.25, 0.3) is 5.57 Å². The van der Waals surface area contributed by atoms with Crippen LogP contribution < -0.4 is 4.90 Å². The number of hydrogen-bond acceptors (Lipinski definition) is 3. The second-order valence-corrected chi connectivity index (χ2v) is 5.09. The van der Waals surface area contributed by atoms with Crippen LogP contribution in [-0.4, -0.2) is 24.0 Å². The fraction of sp³-hybridized carbons (Fsp3) is 0.357. The van der Waals surface area contributed by atoms with Gasteiger partial charge in [-0.1, -0.05) is 6.08 Å². The number of nitrogens with zero attached hydrogens (tertiary/aromatic N) is 1. The molecule has 1 aliphatic rings. The molecule has 0 fully saturated rings. The Balaban J connectivity index is 2.70. The first-order valence-corrected chi connectivity index (χ1v) is 5.62. The van der Waals surface area contributed by atoms with Crippen LogP contribution in [-0.2, 0) is 0 Å². The summed E-state index contributed by atoms with van der Waals surface area (Å²) in [6, 6.07) is 3.41. The van der Waals surface area contributed by atoms with E-state index in [2.05, 4.69) is 24.8 Å². The lowest BCUT2D eigenvalue weighted by Gasteiger charge is -2.40. The molecule has 0 amide bonds. The second kappa shape index (κ2) is 3.62. The van der Waals surface area contributed by atoms with Gasteiger partial charge in [0.05, 0.1) is 11.1 Å². The molecule has 0 bridgehead atoms. The standard InChI is InChI=1S/C14H17NO2/c1-9-7-14(2,3)15(4)12-6-13(17)10(8-16)5-11(9)12/h5-8,17H,1-4H3. The molecule has 2 rings (SSSR count). The maximum absolute atomic E-state index is 10.8. The number of likely N-dealkylation sites (N-methyl/N-ethyl adjacent to an activating group) is 1. The highest BCUT2D eigenvalue weighted by molar-refractivity contribution is 5.88. The van der Waals surface area contributed by atoms with Gasteiger partial charge in [-0.2, -0.15) is 0 Å². The van der Waals surface area contributed by atoms with Gasteiger partial charge in [-0.25, -0.2) is 0 Å². The van der Waals surface area contributed by atoms with Crippen LogP contribution in [0.2, 0.25) is 0 Å². The summed E-state index contributed by atoms with van der Waals surface area (Å²) < 4.78 is 0. The molecule has 0 radical (unpaired) electrons. The number of anilines is 1. The Labute approximate surface area is 101 Å². The molecule has 3 nitrogen and oxygen atoms in total. The van der Waals surface area contributed by atoms with Gasteiger partial charge >= 0.3 is 0 Å². The van der Waals surface area contributed by atoms with Crippen molar-refractivity contribution in [3.63, 3.8) is 0 Å². The highest BCUT2D eigenvalue weighted by Gasteiger charge is 2.29. The first-order chi connectivity index (χ1) is 7.86. The van der Waals surface area contributed by atoms with Crippen LogP contribution in [0.1, 0.15) is 36.7 Å². The van der Waals surface area contributed by atoms with Gasteiger partial charge in [-0.05, 0) is 32.4 Å². The minimum atomic E-state index is -0.0911. The third-order valence-electron chi connectivity index (χ3n) is 3.49. The Morgan fingerprint density at radius 1 is 1.35 bits per heavy atom. The molecule has 17 heavy (non-hydrogen) atoms. The number of phenolic OH excluding ortho intramolecular Hbond substituents is 1. The Hall–Kier alpha value is -1.77. The third kappa shape index (κ3) is 1.71. The van der Waals surface area contributed by atoms with E-state index in [-0.39, 0.29) is 11.3 Å². The summed E-state index contributed by atoms with van der Waals surface area (Å²) in [5.41, 5.74) is 3.34.